The molecule has 0 aromatic carbocycles. The zero-order valence-corrected chi connectivity index (χ0v) is 18.6. The highest BCUT2D eigenvalue weighted by Crippen LogP contribution is 2.30. The van der Waals surface area contributed by atoms with Crippen LogP contribution in [0.25, 0.3) is 11.3 Å². The number of nitrogens with zero attached hydrogens (tertiary/aromatic N) is 2. The van der Waals surface area contributed by atoms with Gasteiger partial charge in [-0.1, -0.05) is 27.7 Å². The molecule has 0 saturated heterocycles. The van der Waals surface area contributed by atoms with Crippen molar-refractivity contribution in [2.45, 2.75) is 67.3 Å². The van der Waals surface area contributed by atoms with Gasteiger partial charge in [-0.25, -0.2) is 4.98 Å². The Balaban J connectivity index is 1.88. The molecule has 2 amide bonds. The molecular formula is C21H32N4O2S. The molecule has 0 spiro atoms. The number of anilines is 1. The van der Waals surface area contributed by atoms with Crippen LogP contribution in [-0.4, -0.2) is 27.9 Å². The maximum Gasteiger partial charge on any atom is 0.226 e. The van der Waals surface area contributed by atoms with E-state index in [1.807, 2.05) is 26.2 Å². The van der Waals surface area contributed by atoms with Crippen LogP contribution in [0.15, 0.2) is 11.4 Å². The van der Waals surface area contributed by atoms with Crippen LogP contribution in [0.4, 0.5) is 5.13 Å². The number of thiazole rings is 1. The Morgan fingerprint density at radius 2 is 1.96 bits per heavy atom. The summed E-state index contributed by atoms with van der Waals surface area (Å²) in [5.41, 5.74) is 4.04. The lowest BCUT2D eigenvalue weighted by atomic mass is 9.96. The molecule has 7 heteroatoms. The van der Waals surface area contributed by atoms with Crippen molar-refractivity contribution in [3.05, 3.63) is 22.8 Å². The summed E-state index contributed by atoms with van der Waals surface area (Å²) in [5, 5.41) is 8.32. The lowest BCUT2D eigenvalue weighted by Crippen LogP contribution is -2.35. The Morgan fingerprint density at radius 1 is 1.25 bits per heavy atom. The predicted octanol–water partition coefficient (Wildman–Crippen LogP) is 4.52. The van der Waals surface area contributed by atoms with E-state index in [-0.39, 0.29) is 11.8 Å². The molecule has 0 radical (unpaired) electrons. The summed E-state index contributed by atoms with van der Waals surface area (Å²) >= 11 is 1.44. The van der Waals surface area contributed by atoms with Crippen molar-refractivity contribution < 1.29 is 9.59 Å². The zero-order chi connectivity index (χ0) is 20.9. The molecular weight excluding hydrogens is 372 g/mol. The molecule has 0 atom stereocenters. The number of carbonyl (C=O) groups is 2. The van der Waals surface area contributed by atoms with Gasteiger partial charge < -0.3 is 15.2 Å². The van der Waals surface area contributed by atoms with Gasteiger partial charge in [0.15, 0.2) is 5.13 Å². The molecule has 0 unspecified atom stereocenters. The second-order valence-corrected chi connectivity index (χ2v) is 8.99. The zero-order valence-electron chi connectivity index (χ0n) is 17.8. The first-order chi connectivity index (χ1) is 13.1. The van der Waals surface area contributed by atoms with Gasteiger partial charge in [0.1, 0.15) is 0 Å². The van der Waals surface area contributed by atoms with E-state index in [9.17, 15) is 9.59 Å². The lowest BCUT2D eigenvalue weighted by molar-refractivity contribution is -0.128. The normalized spacial score (nSPS) is 11.5. The monoisotopic (exact) mass is 404 g/mol. The van der Waals surface area contributed by atoms with E-state index in [2.05, 4.69) is 47.0 Å². The maximum absolute atomic E-state index is 12.1. The third kappa shape index (κ3) is 5.67. The first kappa shape index (κ1) is 22.1. The molecule has 0 bridgehead atoms. The summed E-state index contributed by atoms with van der Waals surface area (Å²) in [6, 6.07) is 2.16. The van der Waals surface area contributed by atoms with Crippen molar-refractivity contribution in [2.24, 2.45) is 5.41 Å². The van der Waals surface area contributed by atoms with Crippen LogP contribution >= 0.6 is 11.3 Å². The Labute approximate surface area is 171 Å². The number of nitrogens with one attached hydrogen (secondary N) is 2. The topological polar surface area (TPSA) is 76.0 Å². The average molecular weight is 405 g/mol. The van der Waals surface area contributed by atoms with E-state index < -0.39 is 5.41 Å². The molecule has 0 aliphatic rings. The lowest BCUT2D eigenvalue weighted by Gasteiger charge is -2.17. The second kappa shape index (κ2) is 9.37. The molecule has 0 aliphatic carbocycles. The molecule has 0 aliphatic heterocycles. The first-order valence-electron chi connectivity index (χ1n) is 9.84. The molecule has 28 heavy (non-hydrogen) atoms. The minimum atomic E-state index is -0.411. The summed E-state index contributed by atoms with van der Waals surface area (Å²) in [5.74, 6) is -0.0829. The highest BCUT2D eigenvalue weighted by Gasteiger charge is 2.20. The van der Waals surface area contributed by atoms with E-state index >= 15 is 0 Å². The van der Waals surface area contributed by atoms with Crippen molar-refractivity contribution in [1.82, 2.24) is 14.9 Å². The molecule has 2 aromatic rings. The van der Waals surface area contributed by atoms with Gasteiger partial charge in [0.25, 0.3) is 0 Å². The molecule has 2 N–H and O–H groups in total. The Kier molecular flexibility index (Phi) is 7.41. The van der Waals surface area contributed by atoms with Crippen molar-refractivity contribution in [1.29, 1.82) is 0 Å². The number of rotatable bonds is 8. The van der Waals surface area contributed by atoms with E-state index in [4.69, 9.17) is 0 Å². The van der Waals surface area contributed by atoms with Gasteiger partial charge in [-0.3, -0.25) is 9.59 Å². The van der Waals surface area contributed by atoms with Crippen LogP contribution in [0.5, 0.6) is 0 Å². The highest BCUT2D eigenvalue weighted by molar-refractivity contribution is 7.14. The van der Waals surface area contributed by atoms with Crippen molar-refractivity contribution in [2.75, 3.05) is 11.9 Å². The fourth-order valence-electron chi connectivity index (χ4n) is 2.98. The Bertz CT molecular complexity index is 830. The number of aromatic nitrogens is 2. The standard InChI is InChI=1S/C21H32N4O2S/c1-7-11-25-14(2)12-16(15(25)3)17-13-28-20(23-17)24-18(26)9-8-10-22-19(27)21(4,5)6/h12-13H,7-11H2,1-6H3,(H,22,27)(H,23,24,26). The van der Waals surface area contributed by atoms with Crippen LogP contribution in [0.1, 0.15) is 58.3 Å². The van der Waals surface area contributed by atoms with Gasteiger partial charge in [0.05, 0.1) is 5.69 Å². The molecule has 154 valence electrons. The summed E-state index contributed by atoms with van der Waals surface area (Å²) in [4.78, 5) is 28.5. The molecule has 0 saturated carbocycles. The predicted molar refractivity (Wildman–Crippen MR) is 116 cm³/mol. The summed E-state index contributed by atoms with van der Waals surface area (Å²) < 4.78 is 2.30. The second-order valence-electron chi connectivity index (χ2n) is 8.13. The van der Waals surface area contributed by atoms with Crippen LogP contribution in [-0.2, 0) is 16.1 Å². The Morgan fingerprint density at radius 3 is 2.61 bits per heavy atom. The van der Waals surface area contributed by atoms with Gasteiger partial charge in [-0.15, -0.1) is 11.3 Å². The quantitative estimate of drug-likeness (QED) is 0.635. The number of carbonyl (C=O) groups excluding carboxylic acids is 2. The minimum Gasteiger partial charge on any atom is -0.356 e. The van der Waals surface area contributed by atoms with Crippen molar-refractivity contribution >= 4 is 28.3 Å². The van der Waals surface area contributed by atoms with E-state index in [0.717, 1.165) is 24.2 Å². The molecule has 0 fully saturated rings. The fourth-order valence-corrected chi connectivity index (χ4v) is 3.71. The van der Waals surface area contributed by atoms with Crippen LogP contribution in [0.2, 0.25) is 0 Å². The maximum atomic E-state index is 12.1. The smallest absolute Gasteiger partial charge is 0.226 e. The molecule has 2 heterocycles. The van der Waals surface area contributed by atoms with Crippen LogP contribution in [0.3, 0.4) is 0 Å². The van der Waals surface area contributed by atoms with Gasteiger partial charge >= 0.3 is 0 Å². The number of aryl methyl sites for hydroxylation is 1. The van der Waals surface area contributed by atoms with E-state index in [1.165, 1.54) is 22.7 Å². The largest absolute Gasteiger partial charge is 0.356 e. The van der Waals surface area contributed by atoms with Crippen molar-refractivity contribution in [3.8, 4) is 11.3 Å². The highest BCUT2D eigenvalue weighted by atomic mass is 32.1. The number of hydrogen-bond donors (Lipinski definition) is 2. The van der Waals surface area contributed by atoms with Gasteiger partial charge in [0, 0.05) is 47.3 Å². The summed E-state index contributed by atoms with van der Waals surface area (Å²) in [7, 11) is 0. The van der Waals surface area contributed by atoms with Crippen LogP contribution < -0.4 is 10.6 Å². The fraction of sp³-hybridized carbons (Fsp3) is 0.571. The first-order valence-corrected chi connectivity index (χ1v) is 10.7. The number of hydrogen-bond acceptors (Lipinski definition) is 4. The SMILES string of the molecule is CCCn1c(C)cc(-c2csc(NC(=O)CCCNC(=O)C(C)(C)C)n2)c1C. The van der Waals surface area contributed by atoms with Crippen molar-refractivity contribution in [3.63, 3.8) is 0 Å². The molecule has 2 aromatic heterocycles. The van der Waals surface area contributed by atoms with Gasteiger partial charge in [-0.2, -0.15) is 0 Å². The molecule has 2 rings (SSSR count). The van der Waals surface area contributed by atoms with E-state index in [0.29, 0.717) is 24.5 Å². The molecule has 6 nitrogen and oxygen atoms in total. The van der Waals surface area contributed by atoms with Crippen LogP contribution in [0, 0.1) is 19.3 Å². The summed E-state index contributed by atoms with van der Waals surface area (Å²) in [6.07, 6.45) is 2.04. The third-order valence-electron chi connectivity index (χ3n) is 4.59. The Hall–Kier alpha value is -2.15. The van der Waals surface area contributed by atoms with Gasteiger partial charge in [0.2, 0.25) is 11.8 Å². The minimum absolute atomic E-state index is 0.00172. The van der Waals surface area contributed by atoms with E-state index in [1.54, 1.807) is 0 Å². The average Bonchev–Trinajstić information content (AvgIpc) is 3.17. The third-order valence-corrected chi connectivity index (χ3v) is 5.35. The van der Waals surface area contributed by atoms with Gasteiger partial charge in [-0.05, 0) is 32.8 Å². The number of amides is 2. The summed E-state index contributed by atoms with van der Waals surface area (Å²) in [6.45, 7) is 13.5.